The van der Waals surface area contributed by atoms with E-state index in [1.807, 2.05) is 32.9 Å². The first-order valence-electron chi connectivity index (χ1n) is 6.01. The van der Waals surface area contributed by atoms with Crippen molar-refractivity contribution in [3.63, 3.8) is 0 Å². The molecule has 4 nitrogen and oxygen atoms in total. The second-order valence-electron chi connectivity index (χ2n) is 5.05. The molecule has 1 saturated carbocycles. The molecule has 1 aliphatic rings. The van der Waals surface area contributed by atoms with Crippen LogP contribution < -0.4 is 5.32 Å². The van der Waals surface area contributed by atoms with Crippen molar-refractivity contribution < 1.29 is 14.7 Å². The molecular weight excluding hydrogens is 230 g/mol. The molecule has 18 heavy (non-hydrogen) atoms. The van der Waals surface area contributed by atoms with Crippen LogP contribution in [0.15, 0.2) is 12.1 Å². The zero-order chi connectivity index (χ0) is 13.4. The molecule has 1 fully saturated rings. The Morgan fingerprint density at radius 3 is 2.17 bits per heavy atom. The zero-order valence-corrected chi connectivity index (χ0v) is 10.8. The molecule has 2 atom stereocenters. The van der Waals surface area contributed by atoms with Crippen molar-refractivity contribution >= 4 is 17.6 Å². The smallest absolute Gasteiger partial charge is 0.307 e. The van der Waals surface area contributed by atoms with Gasteiger partial charge in [-0.3, -0.25) is 9.59 Å². The number of carboxylic acids is 1. The van der Waals surface area contributed by atoms with Gasteiger partial charge in [0.2, 0.25) is 5.91 Å². The van der Waals surface area contributed by atoms with Crippen LogP contribution in [0.5, 0.6) is 0 Å². The molecule has 0 aromatic heterocycles. The standard InChI is InChI=1S/C14H17NO3/c1-7-4-8(2)12(9(3)5-7)15-13(16)10-6-11(10)14(17)18/h4-5,10-11H,6H2,1-3H3,(H,15,16)(H,17,18)/t10-,11+/m1/s1. The van der Waals surface area contributed by atoms with Gasteiger partial charge >= 0.3 is 5.97 Å². The molecule has 2 rings (SSSR count). The third-order valence-corrected chi connectivity index (χ3v) is 3.37. The minimum atomic E-state index is -0.882. The Hall–Kier alpha value is -1.84. The number of nitrogens with one attached hydrogen (secondary N) is 1. The van der Waals surface area contributed by atoms with Crippen molar-refractivity contribution in [3.8, 4) is 0 Å². The van der Waals surface area contributed by atoms with E-state index in [4.69, 9.17) is 5.11 Å². The number of benzene rings is 1. The third-order valence-electron chi connectivity index (χ3n) is 3.37. The number of hydrogen-bond acceptors (Lipinski definition) is 2. The molecule has 0 radical (unpaired) electrons. The Balaban J connectivity index is 2.11. The first-order chi connectivity index (χ1) is 8.40. The highest BCUT2D eigenvalue weighted by Gasteiger charge is 2.48. The number of anilines is 1. The molecule has 0 saturated heterocycles. The molecule has 1 amide bonds. The number of carboxylic acid groups (broad SMARTS) is 1. The second kappa shape index (κ2) is 4.44. The highest BCUT2D eigenvalue weighted by molar-refractivity contribution is 5.99. The van der Waals surface area contributed by atoms with Gasteiger partial charge in [-0.15, -0.1) is 0 Å². The van der Waals surface area contributed by atoms with Gasteiger partial charge in [0.25, 0.3) is 0 Å². The summed E-state index contributed by atoms with van der Waals surface area (Å²) in [6.45, 7) is 5.89. The fraction of sp³-hybridized carbons (Fsp3) is 0.429. The van der Waals surface area contributed by atoms with E-state index in [-0.39, 0.29) is 11.8 Å². The Bertz CT molecular complexity index is 499. The van der Waals surface area contributed by atoms with Gasteiger partial charge < -0.3 is 10.4 Å². The van der Waals surface area contributed by atoms with Crippen LogP contribution in [0.2, 0.25) is 0 Å². The fourth-order valence-electron chi connectivity index (χ4n) is 2.35. The molecule has 0 heterocycles. The normalized spacial score (nSPS) is 21.5. The Morgan fingerprint density at radius 2 is 1.72 bits per heavy atom. The molecule has 4 heteroatoms. The van der Waals surface area contributed by atoms with Gasteiger partial charge in [0.05, 0.1) is 11.8 Å². The van der Waals surface area contributed by atoms with Crippen LogP contribution in [-0.2, 0) is 9.59 Å². The highest BCUT2D eigenvalue weighted by atomic mass is 16.4. The summed E-state index contributed by atoms with van der Waals surface area (Å²) in [5.74, 6) is -1.94. The number of amides is 1. The van der Waals surface area contributed by atoms with Gasteiger partial charge in [-0.1, -0.05) is 17.7 Å². The maximum absolute atomic E-state index is 11.9. The number of carbonyl (C=O) groups excluding carboxylic acids is 1. The van der Waals surface area contributed by atoms with E-state index in [1.165, 1.54) is 0 Å². The van der Waals surface area contributed by atoms with Crippen LogP contribution >= 0.6 is 0 Å². The third kappa shape index (κ3) is 2.37. The van der Waals surface area contributed by atoms with Gasteiger partial charge in [-0.05, 0) is 38.3 Å². The topological polar surface area (TPSA) is 66.4 Å². The van der Waals surface area contributed by atoms with Crippen molar-refractivity contribution in [2.45, 2.75) is 27.2 Å². The lowest BCUT2D eigenvalue weighted by molar-refractivity contribution is -0.139. The minimum absolute atomic E-state index is 0.183. The number of rotatable bonds is 3. The molecule has 1 aromatic rings. The van der Waals surface area contributed by atoms with Crippen LogP contribution in [0.3, 0.4) is 0 Å². The van der Waals surface area contributed by atoms with Gasteiger partial charge in [0, 0.05) is 5.69 Å². The Labute approximate surface area is 106 Å². The predicted molar refractivity (Wildman–Crippen MR) is 68.5 cm³/mol. The van der Waals surface area contributed by atoms with Gasteiger partial charge in [0.15, 0.2) is 0 Å². The summed E-state index contributed by atoms with van der Waals surface area (Å²) in [7, 11) is 0. The van der Waals surface area contributed by atoms with Crippen LogP contribution in [0, 0.1) is 32.6 Å². The second-order valence-corrected chi connectivity index (χ2v) is 5.05. The monoisotopic (exact) mass is 247 g/mol. The van der Waals surface area contributed by atoms with E-state index in [2.05, 4.69) is 5.32 Å². The van der Waals surface area contributed by atoms with Crippen LogP contribution in [0.4, 0.5) is 5.69 Å². The molecule has 1 aromatic carbocycles. The summed E-state index contributed by atoms with van der Waals surface area (Å²) >= 11 is 0. The van der Waals surface area contributed by atoms with Crippen LogP contribution in [0.25, 0.3) is 0 Å². The molecule has 0 unspecified atom stereocenters. The van der Waals surface area contributed by atoms with E-state index in [0.29, 0.717) is 6.42 Å². The zero-order valence-electron chi connectivity index (χ0n) is 10.8. The Kier molecular flexibility index (Phi) is 3.11. The number of hydrogen-bond donors (Lipinski definition) is 2. The van der Waals surface area contributed by atoms with Gasteiger partial charge in [-0.25, -0.2) is 0 Å². The average Bonchev–Trinajstić information content (AvgIpc) is 3.02. The highest BCUT2D eigenvalue weighted by Crippen LogP contribution is 2.39. The molecule has 0 bridgehead atoms. The summed E-state index contributed by atoms with van der Waals surface area (Å²) in [5, 5.41) is 11.7. The van der Waals surface area contributed by atoms with E-state index in [0.717, 1.165) is 22.4 Å². The summed E-state index contributed by atoms with van der Waals surface area (Å²) in [5.41, 5.74) is 3.97. The van der Waals surface area contributed by atoms with Crippen molar-refractivity contribution in [2.24, 2.45) is 11.8 Å². The molecule has 1 aliphatic carbocycles. The van der Waals surface area contributed by atoms with E-state index in [1.54, 1.807) is 0 Å². The average molecular weight is 247 g/mol. The maximum Gasteiger partial charge on any atom is 0.307 e. The molecule has 96 valence electrons. The van der Waals surface area contributed by atoms with Crippen molar-refractivity contribution in [1.82, 2.24) is 0 Å². The summed E-state index contributed by atoms with van der Waals surface area (Å²) in [6, 6.07) is 4.01. The van der Waals surface area contributed by atoms with Gasteiger partial charge in [-0.2, -0.15) is 0 Å². The fourth-order valence-corrected chi connectivity index (χ4v) is 2.35. The van der Waals surface area contributed by atoms with E-state index >= 15 is 0 Å². The quantitative estimate of drug-likeness (QED) is 0.861. The first-order valence-corrected chi connectivity index (χ1v) is 6.01. The van der Waals surface area contributed by atoms with Crippen molar-refractivity contribution in [1.29, 1.82) is 0 Å². The largest absolute Gasteiger partial charge is 0.481 e. The number of aliphatic carboxylic acids is 1. The van der Waals surface area contributed by atoms with Crippen LogP contribution in [-0.4, -0.2) is 17.0 Å². The maximum atomic E-state index is 11.9. The first kappa shape index (κ1) is 12.6. The summed E-state index contributed by atoms with van der Waals surface area (Å²) in [6.07, 6.45) is 0.450. The van der Waals surface area contributed by atoms with Gasteiger partial charge in [0.1, 0.15) is 0 Å². The number of aryl methyl sites for hydroxylation is 3. The Morgan fingerprint density at radius 1 is 1.17 bits per heavy atom. The van der Waals surface area contributed by atoms with Crippen LogP contribution in [0.1, 0.15) is 23.1 Å². The lowest BCUT2D eigenvalue weighted by Gasteiger charge is -2.12. The summed E-state index contributed by atoms with van der Waals surface area (Å²) in [4.78, 5) is 22.6. The lowest BCUT2D eigenvalue weighted by atomic mass is 10.0. The predicted octanol–water partition coefficient (Wildman–Crippen LogP) is 2.27. The molecular formula is C14H17NO3. The summed E-state index contributed by atoms with van der Waals surface area (Å²) < 4.78 is 0. The SMILES string of the molecule is Cc1cc(C)c(NC(=O)[C@@H]2C[C@@H]2C(=O)O)c(C)c1. The van der Waals surface area contributed by atoms with E-state index in [9.17, 15) is 9.59 Å². The lowest BCUT2D eigenvalue weighted by Crippen LogP contribution is -2.18. The molecule has 2 N–H and O–H groups in total. The molecule has 0 spiro atoms. The minimum Gasteiger partial charge on any atom is -0.481 e. The molecule has 0 aliphatic heterocycles. The van der Waals surface area contributed by atoms with Crippen molar-refractivity contribution in [3.05, 3.63) is 28.8 Å². The number of carbonyl (C=O) groups is 2. The van der Waals surface area contributed by atoms with E-state index < -0.39 is 11.9 Å². The van der Waals surface area contributed by atoms with Crippen molar-refractivity contribution in [2.75, 3.05) is 5.32 Å².